The Morgan fingerprint density at radius 2 is 2.00 bits per heavy atom. The van der Waals surface area contributed by atoms with Gasteiger partial charge in [-0.15, -0.1) is 11.3 Å². The van der Waals surface area contributed by atoms with E-state index in [1.54, 1.807) is 0 Å². The van der Waals surface area contributed by atoms with Gasteiger partial charge in [0.15, 0.2) is 0 Å². The average molecular weight is 265 g/mol. The van der Waals surface area contributed by atoms with Gasteiger partial charge in [-0.3, -0.25) is 0 Å². The summed E-state index contributed by atoms with van der Waals surface area (Å²) in [5.74, 6) is 1.65. The fourth-order valence-electron chi connectivity index (χ4n) is 3.04. The summed E-state index contributed by atoms with van der Waals surface area (Å²) in [6.07, 6.45) is 7.13. The van der Waals surface area contributed by atoms with Crippen molar-refractivity contribution in [2.75, 3.05) is 6.54 Å². The molecule has 1 aromatic rings. The second kappa shape index (κ2) is 5.72. The molecular formula is C15H23NOS. The van der Waals surface area contributed by atoms with Crippen molar-refractivity contribution in [3.8, 4) is 0 Å². The molecule has 3 heteroatoms. The van der Waals surface area contributed by atoms with E-state index in [4.69, 9.17) is 0 Å². The van der Waals surface area contributed by atoms with Crippen LogP contribution in [0.5, 0.6) is 0 Å². The molecule has 1 unspecified atom stereocenters. The van der Waals surface area contributed by atoms with Crippen LogP contribution in [0.25, 0.3) is 0 Å². The summed E-state index contributed by atoms with van der Waals surface area (Å²) < 4.78 is 0. The highest BCUT2D eigenvalue weighted by atomic mass is 32.1. The lowest BCUT2D eigenvalue weighted by molar-refractivity contribution is 0.107. The topological polar surface area (TPSA) is 32.3 Å². The number of rotatable bonds is 5. The molecular weight excluding hydrogens is 242 g/mol. The molecule has 1 atom stereocenters. The minimum absolute atomic E-state index is 0.0298. The van der Waals surface area contributed by atoms with E-state index in [2.05, 4.69) is 22.8 Å². The van der Waals surface area contributed by atoms with Crippen LogP contribution in [0, 0.1) is 11.8 Å². The quantitative estimate of drug-likeness (QED) is 0.856. The third-order valence-corrected chi connectivity index (χ3v) is 5.34. The second-order valence-corrected chi connectivity index (χ2v) is 6.89. The van der Waals surface area contributed by atoms with Crippen molar-refractivity contribution in [1.29, 1.82) is 0 Å². The SMILES string of the molecule is OC1CCC(CNC(c2cccs2)C2CC2)CC1. The fraction of sp³-hybridized carbons (Fsp3) is 0.733. The van der Waals surface area contributed by atoms with Gasteiger partial charge in [0.05, 0.1) is 6.10 Å². The van der Waals surface area contributed by atoms with Gasteiger partial charge in [0.25, 0.3) is 0 Å². The van der Waals surface area contributed by atoms with Gasteiger partial charge in [-0.1, -0.05) is 6.07 Å². The molecule has 0 amide bonds. The normalized spacial score (nSPS) is 30.3. The number of aliphatic hydroxyl groups excluding tert-OH is 1. The van der Waals surface area contributed by atoms with Gasteiger partial charge in [0, 0.05) is 10.9 Å². The monoisotopic (exact) mass is 265 g/mol. The average Bonchev–Trinajstić information content (AvgIpc) is 3.07. The number of hydrogen-bond donors (Lipinski definition) is 2. The van der Waals surface area contributed by atoms with Gasteiger partial charge < -0.3 is 10.4 Å². The maximum Gasteiger partial charge on any atom is 0.0540 e. The standard InChI is InChI=1S/C15H23NOS/c17-13-7-3-11(4-8-13)10-16-15(12-5-6-12)14-2-1-9-18-14/h1-2,9,11-13,15-17H,3-8,10H2. The van der Waals surface area contributed by atoms with E-state index >= 15 is 0 Å². The first-order valence-corrected chi connectivity index (χ1v) is 8.15. The summed E-state index contributed by atoms with van der Waals surface area (Å²) in [6.45, 7) is 1.13. The molecule has 2 N–H and O–H groups in total. The van der Waals surface area contributed by atoms with Gasteiger partial charge in [0.1, 0.15) is 0 Å². The van der Waals surface area contributed by atoms with Crippen molar-refractivity contribution in [1.82, 2.24) is 5.32 Å². The smallest absolute Gasteiger partial charge is 0.0540 e. The van der Waals surface area contributed by atoms with Crippen LogP contribution in [-0.4, -0.2) is 17.8 Å². The maximum absolute atomic E-state index is 9.53. The van der Waals surface area contributed by atoms with Crippen molar-refractivity contribution >= 4 is 11.3 Å². The first-order valence-electron chi connectivity index (χ1n) is 7.28. The minimum Gasteiger partial charge on any atom is -0.393 e. The first kappa shape index (κ1) is 12.6. The molecule has 0 bridgehead atoms. The van der Waals surface area contributed by atoms with Crippen molar-refractivity contribution in [3.63, 3.8) is 0 Å². The second-order valence-electron chi connectivity index (χ2n) is 5.91. The molecule has 0 aromatic carbocycles. The van der Waals surface area contributed by atoms with E-state index < -0.39 is 0 Å². The van der Waals surface area contributed by atoms with Crippen molar-refractivity contribution in [2.45, 2.75) is 50.7 Å². The van der Waals surface area contributed by atoms with Crippen molar-refractivity contribution in [3.05, 3.63) is 22.4 Å². The third kappa shape index (κ3) is 3.14. The molecule has 2 saturated carbocycles. The maximum atomic E-state index is 9.53. The lowest BCUT2D eigenvalue weighted by Gasteiger charge is -2.27. The van der Waals surface area contributed by atoms with E-state index in [-0.39, 0.29) is 6.10 Å². The highest BCUT2D eigenvalue weighted by molar-refractivity contribution is 7.10. The highest BCUT2D eigenvalue weighted by Gasteiger charge is 2.33. The van der Waals surface area contributed by atoms with Gasteiger partial charge >= 0.3 is 0 Å². The van der Waals surface area contributed by atoms with Crippen LogP contribution in [0.4, 0.5) is 0 Å². The Kier molecular flexibility index (Phi) is 4.02. The summed E-state index contributed by atoms with van der Waals surface area (Å²) >= 11 is 1.88. The zero-order chi connectivity index (χ0) is 12.4. The van der Waals surface area contributed by atoms with Crippen LogP contribution >= 0.6 is 11.3 Å². The van der Waals surface area contributed by atoms with E-state index in [9.17, 15) is 5.11 Å². The Bertz CT molecular complexity index is 353. The van der Waals surface area contributed by atoms with E-state index in [0.717, 1.165) is 31.2 Å². The Morgan fingerprint density at radius 3 is 2.61 bits per heavy atom. The predicted octanol–water partition coefficient (Wildman–Crippen LogP) is 3.34. The van der Waals surface area contributed by atoms with Crippen LogP contribution in [0.2, 0.25) is 0 Å². The summed E-state index contributed by atoms with van der Waals surface area (Å²) in [5.41, 5.74) is 0. The summed E-state index contributed by atoms with van der Waals surface area (Å²) in [6, 6.07) is 5.02. The Morgan fingerprint density at radius 1 is 1.22 bits per heavy atom. The van der Waals surface area contributed by atoms with Crippen LogP contribution in [0.3, 0.4) is 0 Å². The van der Waals surface area contributed by atoms with Crippen LogP contribution in [0.15, 0.2) is 17.5 Å². The van der Waals surface area contributed by atoms with Crippen LogP contribution in [0.1, 0.15) is 49.4 Å². The number of thiophene rings is 1. The molecule has 3 rings (SSSR count). The molecule has 2 aliphatic carbocycles. The van der Waals surface area contributed by atoms with Crippen molar-refractivity contribution in [2.24, 2.45) is 11.8 Å². The molecule has 2 fully saturated rings. The lowest BCUT2D eigenvalue weighted by Crippen LogP contribution is -2.31. The van der Waals surface area contributed by atoms with Gasteiger partial charge in [-0.2, -0.15) is 0 Å². The van der Waals surface area contributed by atoms with E-state index in [1.165, 1.54) is 30.6 Å². The first-order chi connectivity index (χ1) is 8.83. The van der Waals surface area contributed by atoms with Crippen LogP contribution < -0.4 is 5.32 Å². The van der Waals surface area contributed by atoms with E-state index in [1.807, 2.05) is 11.3 Å². The largest absolute Gasteiger partial charge is 0.393 e. The Hall–Kier alpha value is -0.380. The predicted molar refractivity (Wildman–Crippen MR) is 75.8 cm³/mol. The molecule has 100 valence electrons. The third-order valence-electron chi connectivity index (χ3n) is 4.39. The molecule has 0 radical (unpaired) electrons. The molecule has 1 heterocycles. The Balaban J connectivity index is 1.51. The van der Waals surface area contributed by atoms with Gasteiger partial charge in [0.2, 0.25) is 0 Å². The van der Waals surface area contributed by atoms with Gasteiger partial charge in [-0.25, -0.2) is 0 Å². The molecule has 18 heavy (non-hydrogen) atoms. The number of nitrogens with one attached hydrogen (secondary N) is 1. The molecule has 2 aliphatic rings. The summed E-state index contributed by atoms with van der Waals surface area (Å²) in [5, 5.41) is 15.5. The zero-order valence-corrected chi connectivity index (χ0v) is 11.7. The molecule has 0 aliphatic heterocycles. The highest BCUT2D eigenvalue weighted by Crippen LogP contribution is 2.42. The lowest BCUT2D eigenvalue weighted by atomic mass is 9.87. The zero-order valence-electron chi connectivity index (χ0n) is 10.8. The molecule has 0 spiro atoms. The fourth-order valence-corrected chi connectivity index (χ4v) is 3.93. The summed E-state index contributed by atoms with van der Waals surface area (Å²) in [4.78, 5) is 1.51. The minimum atomic E-state index is -0.0298. The molecule has 0 saturated heterocycles. The number of hydrogen-bond acceptors (Lipinski definition) is 3. The molecule has 1 aromatic heterocycles. The summed E-state index contributed by atoms with van der Waals surface area (Å²) in [7, 11) is 0. The number of aliphatic hydroxyl groups is 1. The van der Waals surface area contributed by atoms with Gasteiger partial charge in [-0.05, 0) is 68.4 Å². The Labute approximate surface area is 113 Å². The van der Waals surface area contributed by atoms with Crippen LogP contribution in [-0.2, 0) is 0 Å². The molecule has 2 nitrogen and oxygen atoms in total. The van der Waals surface area contributed by atoms with Crippen molar-refractivity contribution < 1.29 is 5.11 Å². The van der Waals surface area contributed by atoms with E-state index in [0.29, 0.717) is 6.04 Å².